The summed E-state index contributed by atoms with van der Waals surface area (Å²) in [5.74, 6) is 1.53. The van der Waals surface area contributed by atoms with Crippen LogP contribution < -0.4 is 11.1 Å². The van der Waals surface area contributed by atoms with Gasteiger partial charge in [0.05, 0.1) is 23.1 Å². The number of nitrogens with two attached hydrogens (primary N) is 1. The van der Waals surface area contributed by atoms with Crippen molar-refractivity contribution >= 4 is 47.4 Å². The molecule has 6 nitrogen and oxygen atoms in total. The van der Waals surface area contributed by atoms with Crippen LogP contribution >= 0.6 is 24.8 Å². The maximum absolute atomic E-state index is 12.3. The highest BCUT2D eigenvalue weighted by Gasteiger charge is 2.15. The van der Waals surface area contributed by atoms with Crippen LogP contribution in [0, 0.1) is 0 Å². The summed E-state index contributed by atoms with van der Waals surface area (Å²) in [7, 11) is 0. The molecule has 3 N–H and O–H groups in total. The summed E-state index contributed by atoms with van der Waals surface area (Å²) in [5, 5.41) is 2.89. The van der Waals surface area contributed by atoms with E-state index in [0.29, 0.717) is 11.3 Å². The average molecular weight is 397 g/mol. The summed E-state index contributed by atoms with van der Waals surface area (Å²) < 4.78 is 7.51. The lowest BCUT2D eigenvalue weighted by Gasteiger charge is -2.06. The topological polar surface area (TPSA) is 86.1 Å². The van der Waals surface area contributed by atoms with Gasteiger partial charge in [0, 0.05) is 18.7 Å². The summed E-state index contributed by atoms with van der Waals surface area (Å²) in [5.41, 5.74) is 8.77. The van der Waals surface area contributed by atoms with Gasteiger partial charge in [0.1, 0.15) is 17.8 Å². The number of carbonyl (C=O) groups is 1. The summed E-state index contributed by atoms with van der Waals surface area (Å²) in [6, 6.07) is 7.54. The van der Waals surface area contributed by atoms with Crippen molar-refractivity contribution in [3.8, 4) is 0 Å². The number of nitrogens with zero attached hydrogens (tertiary/aromatic N) is 2. The van der Waals surface area contributed by atoms with Crippen molar-refractivity contribution in [2.45, 2.75) is 38.8 Å². The Kier molecular flexibility index (Phi) is 6.69. The Balaban J connectivity index is 0.00000121. The Labute approximate surface area is 164 Å². The number of anilines is 1. The van der Waals surface area contributed by atoms with Gasteiger partial charge in [-0.15, -0.1) is 24.8 Å². The smallest absolute Gasteiger partial charge is 0.258 e. The fraction of sp³-hybridized carbons (Fsp3) is 0.333. The molecule has 140 valence electrons. The van der Waals surface area contributed by atoms with Crippen LogP contribution in [0.1, 0.15) is 41.2 Å². The highest BCUT2D eigenvalue weighted by Crippen LogP contribution is 2.24. The predicted octanol–water partition coefficient (Wildman–Crippen LogP) is 3.91. The first-order chi connectivity index (χ1) is 11.7. The second-order valence-corrected chi connectivity index (χ2v) is 6.15. The van der Waals surface area contributed by atoms with E-state index in [2.05, 4.69) is 9.88 Å². The van der Waals surface area contributed by atoms with Crippen LogP contribution in [-0.2, 0) is 19.5 Å². The van der Waals surface area contributed by atoms with Crippen molar-refractivity contribution in [3.05, 3.63) is 47.7 Å². The number of fused-ring (bicyclic) bond motifs is 3. The molecule has 0 radical (unpaired) electrons. The first-order valence-corrected chi connectivity index (χ1v) is 8.32. The third kappa shape index (κ3) is 3.87. The molecule has 8 heteroatoms. The number of hydrogen-bond acceptors (Lipinski definition) is 4. The highest BCUT2D eigenvalue weighted by atomic mass is 35.5. The lowest BCUT2D eigenvalue weighted by atomic mass is 10.2. The molecule has 0 fully saturated rings. The largest absolute Gasteiger partial charge is 0.467 e. The Morgan fingerprint density at radius 3 is 2.85 bits per heavy atom. The van der Waals surface area contributed by atoms with E-state index in [1.54, 1.807) is 6.07 Å². The molecule has 0 saturated carbocycles. The van der Waals surface area contributed by atoms with Gasteiger partial charge in [-0.05, 0) is 37.1 Å². The van der Waals surface area contributed by atoms with E-state index in [4.69, 9.17) is 15.1 Å². The fourth-order valence-electron chi connectivity index (χ4n) is 3.24. The standard InChI is InChI=1S/C18H20N4O2.2ClH/c19-10-14-8-12(11-24-14)18(23)20-13-5-6-16-15(9-13)21-17-4-2-1-3-7-22(16)17;;/h5-6,8-9,11H,1-4,7,10,19H2,(H,20,23);2*1H. The van der Waals surface area contributed by atoms with Crippen molar-refractivity contribution in [1.29, 1.82) is 0 Å². The van der Waals surface area contributed by atoms with Gasteiger partial charge in [-0.1, -0.05) is 6.42 Å². The van der Waals surface area contributed by atoms with Gasteiger partial charge in [-0.3, -0.25) is 4.79 Å². The van der Waals surface area contributed by atoms with E-state index >= 15 is 0 Å². The molecule has 0 atom stereocenters. The lowest BCUT2D eigenvalue weighted by Crippen LogP contribution is -2.10. The molecule has 0 bridgehead atoms. The minimum absolute atomic E-state index is 0. The monoisotopic (exact) mass is 396 g/mol. The summed E-state index contributed by atoms with van der Waals surface area (Å²) in [4.78, 5) is 17.0. The number of aryl methyl sites for hydroxylation is 2. The second kappa shape index (κ2) is 8.58. The van der Waals surface area contributed by atoms with Crippen molar-refractivity contribution in [3.63, 3.8) is 0 Å². The third-order valence-electron chi connectivity index (χ3n) is 4.48. The second-order valence-electron chi connectivity index (χ2n) is 6.15. The Morgan fingerprint density at radius 1 is 1.23 bits per heavy atom. The molecule has 0 spiro atoms. The fourth-order valence-corrected chi connectivity index (χ4v) is 3.24. The number of benzene rings is 1. The minimum Gasteiger partial charge on any atom is -0.467 e. The van der Waals surface area contributed by atoms with Crippen LogP contribution in [0.2, 0.25) is 0 Å². The molecule has 3 heterocycles. The number of nitrogens with one attached hydrogen (secondary N) is 1. The van der Waals surface area contributed by atoms with Gasteiger partial charge in [-0.2, -0.15) is 0 Å². The number of hydrogen-bond donors (Lipinski definition) is 2. The first kappa shape index (κ1) is 20.3. The van der Waals surface area contributed by atoms with Crippen LogP contribution in [-0.4, -0.2) is 15.5 Å². The van der Waals surface area contributed by atoms with E-state index in [0.717, 1.165) is 35.5 Å². The zero-order valence-corrected chi connectivity index (χ0v) is 15.9. The molecule has 4 rings (SSSR count). The van der Waals surface area contributed by atoms with Crippen LogP contribution in [0.15, 0.2) is 34.9 Å². The van der Waals surface area contributed by atoms with Crippen molar-refractivity contribution in [1.82, 2.24) is 9.55 Å². The van der Waals surface area contributed by atoms with Crippen molar-refractivity contribution in [2.75, 3.05) is 5.32 Å². The number of aromatic nitrogens is 2. The zero-order chi connectivity index (χ0) is 16.5. The van der Waals surface area contributed by atoms with Crippen LogP contribution in [0.5, 0.6) is 0 Å². The summed E-state index contributed by atoms with van der Waals surface area (Å²) in [6.07, 6.45) is 6.09. The Morgan fingerprint density at radius 2 is 2.08 bits per heavy atom. The summed E-state index contributed by atoms with van der Waals surface area (Å²) in [6.45, 7) is 1.30. The third-order valence-corrected chi connectivity index (χ3v) is 4.48. The zero-order valence-electron chi connectivity index (χ0n) is 14.2. The molecule has 0 unspecified atom stereocenters. The molecule has 26 heavy (non-hydrogen) atoms. The molecular formula is C18H22Cl2N4O2. The van der Waals surface area contributed by atoms with Gasteiger partial charge in [-0.25, -0.2) is 4.98 Å². The number of halogens is 2. The molecule has 3 aromatic rings. The SMILES string of the molecule is Cl.Cl.NCc1cc(C(=O)Nc2ccc3c(c2)nc2n3CCCCC2)co1. The lowest BCUT2D eigenvalue weighted by molar-refractivity contribution is 0.102. The summed E-state index contributed by atoms with van der Waals surface area (Å²) >= 11 is 0. The maximum Gasteiger partial charge on any atom is 0.258 e. The van der Waals surface area contributed by atoms with Gasteiger partial charge in [0.2, 0.25) is 0 Å². The highest BCUT2D eigenvalue weighted by molar-refractivity contribution is 6.04. The quantitative estimate of drug-likeness (QED) is 0.702. The Bertz CT molecular complexity index is 904. The maximum atomic E-state index is 12.3. The van der Waals surface area contributed by atoms with Gasteiger partial charge >= 0.3 is 0 Å². The predicted molar refractivity (Wildman–Crippen MR) is 106 cm³/mol. The molecule has 1 aliphatic heterocycles. The van der Waals surface area contributed by atoms with Crippen molar-refractivity contribution in [2.24, 2.45) is 5.73 Å². The molecule has 1 aliphatic rings. The molecule has 0 aliphatic carbocycles. The molecule has 1 amide bonds. The van der Waals surface area contributed by atoms with Gasteiger partial charge < -0.3 is 20.0 Å². The Hall–Kier alpha value is -2.02. The van der Waals surface area contributed by atoms with Crippen molar-refractivity contribution < 1.29 is 9.21 Å². The van der Waals surface area contributed by atoms with E-state index in [-0.39, 0.29) is 37.3 Å². The number of rotatable bonds is 3. The van der Waals surface area contributed by atoms with E-state index in [1.807, 2.05) is 18.2 Å². The van der Waals surface area contributed by atoms with Crippen LogP contribution in [0.25, 0.3) is 11.0 Å². The molecule has 2 aromatic heterocycles. The van der Waals surface area contributed by atoms with Gasteiger partial charge in [0.15, 0.2) is 0 Å². The molecule has 1 aromatic carbocycles. The number of furan rings is 1. The van der Waals surface area contributed by atoms with Crippen LogP contribution in [0.4, 0.5) is 5.69 Å². The normalized spacial score (nSPS) is 13.3. The van der Waals surface area contributed by atoms with E-state index in [1.165, 1.54) is 25.5 Å². The average Bonchev–Trinajstić information content (AvgIpc) is 3.13. The van der Waals surface area contributed by atoms with E-state index in [9.17, 15) is 4.79 Å². The van der Waals surface area contributed by atoms with Crippen LogP contribution in [0.3, 0.4) is 0 Å². The van der Waals surface area contributed by atoms with Gasteiger partial charge in [0.25, 0.3) is 5.91 Å². The van der Waals surface area contributed by atoms with E-state index < -0.39 is 0 Å². The molecular weight excluding hydrogens is 375 g/mol. The minimum atomic E-state index is -0.210. The number of carbonyl (C=O) groups excluding carboxylic acids is 1. The first-order valence-electron chi connectivity index (χ1n) is 8.32. The number of imidazole rings is 1. The number of amides is 1. The molecule has 0 saturated heterocycles.